The van der Waals surface area contributed by atoms with E-state index in [1.54, 1.807) is 6.20 Å². The minimum Gasteiger partial charge on any atom is -0.394 e. The van der Waals surface area contributed by atoms with Crippen molar-refractivity contribution in [3.63, 3.8) is 0 Å². The van der Waals surface area contributed by atoms with Crippen LogP contribution in [0.15, 0.2) is 36.5 Å². The first-order chi connectivity index (χ1) is 13.5. The summed E-state index contributed by atoms with van der Waals surface area (Å²) in [5.41, 5.74) is 3.12. The van der Waals surface area contributed by atoms with Crippen LogP contribution in [-0.2, 0) is 24.3 Å². The van der Waals surface area contributed by atoms with Gasteiger partial charge in [0.1, 0.15) is 6.04 Å². The summed E-state index contributed by atoms with van der Waals surface area (Å²) >= 11 is 0. The summed E-state index contributed by atoms with van der Waals surface area (Å²) in [7, 11) is 0. The average Bonchev–Trinajstić information content (AvgIpc) is 3.21. The quantitative estimate of drug-likeness (QED) is 0.611. The molecule has 0 radical (unpaired) electrons. The minimum absolute atomic E-state index is 0.0466. The molecule has 0 spiro atoms. The molecule has 9 nitrogen and oxygen atoms in total. The lowest BCUT2D eigenvalue weighted by Crippen LogP contribution is -2.32. The lowest BCUT2D eigenvalue weighted by molar-refractivity contribution is -0.127. The Bertz CT molecular complexity index is 1050. The van der Waals surface area contributed by atoms with E-state index in [2.05, 4.69) is 20.6 Å². The monoisotopic (exact) mass is 380 g/mol. The van der Waals surface area contributed by atoms with E-state index in [0.717, 1.165) is 22.2 Å². The van der Waals surface area contributed by atoms with E-state index in [4.69, 9.17) is 5.11 Å². The number of aryl methyl sites for hydroxylation is 1. The second-order valence-electron chi connectivity index (χ2n) is 6.77. The molecule has 144 valence electrons. The van der Waals surface area contributed by atoms with Crippen LogP contribution in [0.25, 0.3) is 10.9 Å². The Morgan fingerprint density at radius 3 is 2.89 bits per heavy atom. The molecule has 1 atom stereocenters. The number of aliphatic hydroxyl groups excluding tert-OH is 1. The van der Waals surface area contributed by atoms with Crippen molar-refractivity contribution in [3.05, 3.63) is 53.5 Å². The van der Waals surface area contributed by atoms with Gasteiger partial charge in [0, 0.05) is 23.7 Å². The molecule has 4 rings (SSSR count). The highest BCUT2D eigenvalue weighted by Gasteiger charge is 2.38. The topological polar surface area (TPSA) is 113 Å². The smallest absolute Gasteiger partial charge is 0.325 e. The molecule has 3 amide bonds. The molecule has 28 heavy (non-hydrogen) atoms. The Morgan fingerprint density at radius 2 is 2.07 bits per heavy atom. The van der Waals surface area contributed by atoms with Crippen molar-refractivity contribution in [2.24, 2.45) is 0 Å². The Kier molecular flexibility index (Phi) is 4.74. The van der Waals surface area contributed by atoms with Gasteiger partial charge in [-0.05, 0) is 24.6 Å². The number of aliphatic hydroxyl groups is 1. The predicted octanol–water partition coefficient (Wildman–Crippen LogP) is 0.790. The number of carbonyl (C=O) groups is 2. The minimum atomic E-state index is -0.680. The summed E-state index contributed by atoms with van der Waals surface area (Å²) < 4.78 is 1.50. The van der Waals surface area contributed by atoms with E-state index < -0.39 is 12.1 Å². The van der Waals surface area contributed by atoms with Crippen LogP contribution in [0.2, 0.25) is 0 Å². The van der Waals surface area contributed by atoms with E-state index in [0.29, 0.717) is 12.2 Å². The first-order valence-electron chi connectivity index (χ1n) is 9.02. The Balaban J connectivity index is 1.53. The van der Waals surface area contributed by atoms with E-state index in [9.17, 15) is 9.59 Å². The van der Waals surface area contributed by atoms with Crippen LogP contribution >= 0.6 is 0 Å². The molecule has 1 aliphatic heterocycles. The van der Waals surface area contributed by atoms with E-state index in [1.807, 2.05) is 37.3 Å². The number of carbonyl (C=O) groups excluding carboxylic acids is 2. The zero-order chi connectivity index (χ0) is 19.7. The summed E-state index contributed by atoms with van der Waals surface area (Å²) in [4.78, 5) is 31.0. The van der Waals surface area contributed by atoms with Gasteiger partial charge in [0.2, 0.25) is 0 Å². The lowest BCUT2D eigenvalue weighted by atomic mass is 10.1. The average molecular weight is 380 g/mol. The molecule has 0 saturated carbocycles. The molecule has 3 aromatic rings. The number of aromatic nitrogens is 4. The number of nitrogens with zero attached hydrogens (tertiary/aromatic N) is 5. The summed E-state index contributed by atoms with van der Waals surface area (Å²) in [5, 5.41) is 20.5. The lowest BCUT2D eigenvalue weighted by Gasteiger charge is -2.15. The number of nitrogens with one attached hydrogen (secondary N) is 1. The maximum absolute atomic E-state index is 12.8. The van der Waals surface area contributed by atoms with Crippen LogP contribution in [0.1, 0.15) is 17.0 Å². The van der Waals surface area contributed by atoms with Gasteiger partial charge in [0.25, 0.3) is 5.91 Å². The third-order valence-corrected chi connectivity index (χ3v) is 4.69. The van der Waals surface area contributed by atoms with Gasteiger partial charge in [0.05, 0.1) is 30.9 Å². The molecule has 1 saturated heterocycles. The van der Waals surface area contributed by atoms with Crippen molar-refractivity contribution in [2.45, 2.75) is 32.5 Å². The zero-order valence-electron chi connectivity index (χ0n) is 15.4. The fraction of sp³-hybridized carbons (Fsp3) is 0.316. The first-order valence-corrected chi connectivity index (χ1v) is 9.02. The van der Waals surface area contributed by atoms with Gasteiger partial charge in [-0.25, -0.2) is 9.48 Å². The van der Waals surface area contributed by atoms with Crippen LogP contribution < -0.4 is 5.32 Å². The molecule has 1 aliphatic rings. The fourth-order valence-corrected chi connectivity index (χ4v) is 3.41. The second-order valence-corrected chi connectivity index (χ2v) is 6.77. The molecule has 1 fully saturated rings. The Hall–Kier alpha value is -3.33. The van der Waals surface area contributed by atoms with E-state index >= 15 is 0 Å². The van der Waals surface area contributed by atoms with Crippen LogP contribution in [0.5, 0.6) is 0 Å². The highest BCUT2D eigenvalue weighted by molar-refractivity contribution is 6.04. The molecule has 0 aliphatic carbocycles. The SMILES string of the molecule is Cc1cc(CN2C(=O)NC(Cc3cn(CCO)nn3)C2=O)c2ccccc2n1. The number of imide groups is 1. The van der Waals surface area contributed by atoms with Crippen LogP contribution in [0.3, 0.4) is 0 Å². The van der Waals surface area contributed by atoms with Gasteiger partial charge in [-0.1, -0.05) is 23.4 Å². The predicted molar refractivity (Wildman–Crippen MR) is 100 cm³/mol. The van der Waals surface area contributed by atoms with Crippen molar-refractivity contribution in [1.82, 2.24) is 30.2 Å². The molecule has 2 aromatic heterocycles. The second kappa shape index (κ2) is 7.35. The number of hydrogen-bond acceptors (Lipinski definition) is 6. The maximum Gasteiger partial charge on any atom is 0.325 e. The molecule has 2 N–H and O–H groups in total. The third kappa shape index (κ3) is 3.44. The summed E-state index contributed by atoms with van der Waals surface area (Å²) in [6.07, 6.45) is 1.92. The number of pyridine rings is 1. The van der Waals surface area contributed by atoms with Gasteiger partial charge >= 0.3 is 6.03 Å². The highest BCUT2D eigenvalue weighted by atomic mass is 16.3. The van der Waals surface area contributed by atoms with Crippen LogP contribution in [0.4, 0.5) is 4.79 Å². The van der Waals surface area contributed by atoms with Crippen molar-refractivity contribution in [1.29, 1.82) is 0 Å². The molecule has 1 unspecified atom stereocenters. The molecule has 3 heterocycles. The number of urea groups is 1. The molecule has 0 bridgehead atoms. The number of para-hydroxylation sites is 1. The highest BCUT2D eigenvalue weighted by Crippen LogP contribution is 2.22. The first kappa shape index (κ1) is 18.1. The normalized spacial score (nSPS) is 16.8. The van der Waals surface area contributed by atoms with Crippen molar-refractivity contribution in [2.75, 3.05) is 6.61 Å². The van der Waals surface area contributed by atoms with Crippen LogP contribution in [0, 0.1) is 6.92 Å². The number of fused-ring (bicyclic) bond motifs is 1. The van der Waals surface area contributed by atoms with Gasteiger partial charge in [-0.3, -0.25) is 14.7 Å². The number of rotatable bonds is 6. The molecule has 1 aromatic carbocycles. The third-order valence-electron chi connectivity index (χ3n) is 4.69. The van der Waals surface area contributed by atoms with E-state index in [1.165, 1.54) is 9.58 Å². The van der Waals surface area contributed by atoms with Crippen molar-refractivity contribution >= 4 is 22.8 Å². The zero-order valence-corrected chi connectivity index (χ0v) is 15.4. The Morgan fingerprint density at radius 1 is 1.25 bits per heavy atom. The maximum atomic E-state index is 12.8. The Labute approximate surface area is 161 Å². The standard InChI is InChI=1S/C19H20N6O3/c1-12-8-13(15-4-2-3-5-16(15)20-12)10-25-18(27)17(21-19(25)28)9-14-11-24(6-7-26)23-22-14/h2-5,8,11,17,26H,6-7,9-10H2,1H3,(H,21,28). The van der Waals surface area contributed by atoms with Crippen molar-refractivity contribution in [3.8, 4) is 0 Å². The van der Waals surface area contributed by atoms with Gasteiger partial charge in [0.15, 0.2) is 0 Å². The van der Waals surface area contributed by atoms with Gasteiger partial charge < -0.3 is 10.4 Å². The largest absolute Gasteiger partial charge is 0.394 e. The van der Waals surface area contributed by atoms with Gasteiger partial charge in [-0.15, -0.1) is 5.10 Å². The number of hydrogen-bond donors (Lipinski definition) is 2. The molecular weight excluding hydrogens is 360 g/mol. The van der Waals surface area contributed by atoms with Gasteiger partial charge in [-0.2, -0.15) is 0 Å². The van der Waals surface area contributed by atoms with Crippen LogP contribution in [-0.4, -0.2) is 54.6 Å². The fourth-order valence-electron chi connectivity index (χ4n) is 3.41. The number of amides is 3. The summed E-state index contributed by atoms with van der Waals surface area (Å²) in [5.74, 6) is -0.291. The molecular formula is C19H20N6O3. The van der Waals surface area contributed by atoms with E-state index in [-0.39, 0.29) is 25.5 Å². The van der Waals surface area contributed by atoms with Crippen molar-refractivity contribution < 1.29 is 14.7 Å². The summed E-state index contributed by atoms with van der Waals surface area (Å²) in [6, 6.07) is 8.47. The number of benzene rings is 1. The molecule has 9 heteroatoms. The summed E-state index contributed by atoms with van der Waals surface area (Å²) in [6.45, 7) is 2.36.